The van der Waals surface area contributed by atoms with Gasteiger partial charge in [0.25, 0.3) is 5.92 Å². The minimum absolute atomic E-state index is 0.0158. The number of halogens is 4. The van der Waals surface area contributed by atoms with E-state index in [1.54, 1.807) is 99.1 Å². The third kappa shape index (κ3) is 32.8. The van der Waals surface area contributed by atoms with E-state index in [1.807, 2.05) is 164 Å². The van der Waals surface area contributed by atoms with E-state index >= 15 is 0 Å². The van der Waals surface area contributed by atoms with Gasteiger partial charge >= 0.3 is 0 Å². The van der Waals surface area contributed by atoms with E-state index in [0.29, 0.717) is 39.3 Å². The number of nitriles is 2. The number of methoxy groups -OCH3 is 2. The van der Waals surface area contributed by atoms with Crippen molar-refractivity contribution in [3.8, 4) is 95.4 Å². The fourth-order valence-electron chi connectivity index (χ4n) is 8.71. The Labute approximate surface area is 587 Å². The van der Waals surface area contributed by atoms with Gasteiger partial charge in [-0.15, -0.1) is 12.8 Å². The molecule has 0 aromatic heterocycles. The van der Waals surface area contributed by atoms with Crippen LogP contribution in [-0.4, -0.2) is 38.3 Å². The van der Waals surface area contributed by atoms with Gasteiger partial charge in [0.1, 0.15) is 57.9 Å². The monoisotopic (exact) mass is 1340 g/mol. The van der Waals surface area contributed by atoms with Gasteiger partial charge in [-0.1, -0.05) is 194 Å². The highest BCUT2D eigenvalue weighted by atomic mass is 35.5. The lowest BCUT2D eigenvalue weighted by Gasteiger charge is -2.20. The summed E-state index contributed by atoms with van der Waals surface area (Å²) in [5, 5.41) is 26.8. The van der Waals surface area contributed by atoms with Crippen molar-refractivity contribution in [3.63, 3.8) is 0 Å². The first kappa shape index (κ1) is 79.4. The van der Waals surface area contributed by atoms with E-state index in [-0.39, 0.29) is 16.8 Å². The lowest BCUT2D eigenvalue weighted by atomic mass is 9.80. The van der Waals surface area contributed by atoms with Crippen molar-refractivity contribution < 1.29 is 42.0 Å². The largest absolute Gasteiger partial charge is 0.508 e. The van der Waals surface area contributed by atoms with Gasteiger partial charge in [0.2, 0.25) is 0 Å². The first-order chi connectivity index (χ1) is 48.0. The quantitative estimate of drug-likeness (QED) is 0.126. The maximum absolute atomic E-state index is 13.0. The molecule has 0 heterocycles. The molecule has 0 unspecified atom stereocenters. The van der Waals surface area contributed by atoms with Crippen molar-refractivity contribution in [3.05, 3.63) is 348 Å². The fraction of sp³-hybridized carbons (Fsp3) is 0.140. The highest BCUT2D eigenvalue weighted by Gasteiger charge is 2.35. The van der Waals surface area contributed by atoms with Crippen LogP contribution in [0.4, 0.5) is 13.2 Å². The molecular weight excluding hydrogens is 1260 g/mol. The maximum atomic E-state index is 13.0. The molecule has 0 amide bonds. The highest BCUT2D eigenvalue weighted by molar-refractivity contribution is 6.30. The Bertz CT molecular complexity index is 4190. The maximum Gasteiger partial charge on any atom is 0.270 e. The molecule has 0 aliphatic heterocycles. The van der Waals surface area contributed by atoms with Crippen molar-refractivity contribution in [2.45, 2.75) is 50.5 Å². The van der Waals surface area contributed by atoms with Gasteiger partial charge in [0, 0.05) is 35.7 Å². The SMILES string of the molecule is C#COc1cccc(Cl)c1.C#Cc1ccc(OC)cc1.C#Cc1ccccc1OC.CC(F)(F)c1ccc(Oc2ccccc2)cc1.CN(C)Cc1ccccc1.Fc1ccc(Oc2ccccc2)cc1.N#CC1(c2ccccc2)CCCC1.N#Cc1ccccc1.Oc1ccccc1. The number of para-hydroxylation sites is 4. The number of nitrogens with zero attached hydrogens (tertiary/aromatic N) is 3. The Morgan fingerprint density at radius 2 is 0.949 bits per heavy atom. The summed E-state index contributed by atoms with van der Waals surface area (Å²) in [7, 11) is 7.39. The molecule has 11 aromatic rings. The average Bonchev–Trinajstić information content (AvgIpc) is 1.74. The molecule has 13 heteroatoms. The number of alkyl halides is 2. The lowest BCUT2D eigenvalue weighted by molar-refractivity contribution is 0.0174. The molecule has 1 fully saturated rings. The molecule has 1 aliphatic carbocycles. The zero-order chi connectivity index (χ0) is 71.8. The zero-order valence-electron chi connectivity index (χ0n) is 56.0. The van der Waals surface area contributed by atoms with Crippen LogP contribution in [-0.2, 0) is 17.9 Å². The molecule has 0 bridgehead atoms. The Balaban J connectivity index is 0.000000239. The molecule has 0 saturated heterocycles. The van der Waals surface area contributed by atoms with Gasteiger partial charge < -0.3 is 33.7 Å². The fourth-order valence-corrected chi connectivity index (χ4v) is 8.89. The smallest absolute Gasteiger partial charge is 0.270 e. The van der Waals surface area contributed by atoms with Crippen LogP contribution in [0.3, 0.4) is 0 Å². The summed E-state index contributed by atoms with van der Waals surface area (Å²) in [4.78, 5) is 2.16. The molecule has 9 nitrogen and oxygen atoms in total. The Morgan fingerprint density at radius 1 is 0.505 bits per heavy atom. The van der Waals surface area contributed by atoms with Gasteiger partial charge in [-0.2, -0.15) is 10.5 Å². The van der Waals surface area contributed by atoms with E-state index in [9.17, 15) is 18.4 Å². The summed E-state index contributed by atoms with van der Waals surface area (Å²) in [6, 6.07) is 95.2. The summed E-state index contributed by atoms with van der Waals surface area (Å²) in [5.41, 5.74) is 4.78. The number of aromatic hydroxyl groups is 1. The van der Waals surface area contributed by atoms with Gasteiger partial charge in [-0.3, -0.25) is 0 Å². The van der Waals surface area contributed by atoms with Crippen LogP contribution >= 0.6 is 11.6 Å². The van der Waals surface area contributed by atoms with E-state index in [2.05, 4.69) is 79.4 Å². The zero-order valence-corrected chi connectivity index (χ0v) is 56.7. The van der Waals surface area contributed by atoms with E-state index in [1.165, 1.54) is 48.2 Å². The number of phenolic OH excluding ortho intramolecular Hbond substituents is 1. The van der Waals surface area contributed by atoms with Crippen LogP contribution in [0.1, 0.15) is 66.0 Å². The summed E-state index contributed by atoms with van der Waals surface area (Å²) >= 11 is 5.63. The average molecular weight is 1340 g/mol. The molecule has 1 aliphatic rings. The molecule has 11 aromatic carbocycles. The molecule has 0 atom stereocenters. The number of hydrogen-bond donors (Lipinski definition) is 1. The van der Waals surface area contributed by atoms with Crippen molar-refractivity contribution in [2.24, 2.45) is 0 Å². The van der Waals surface area contributed by atoms with Gasteiger partial charge in [-0.25, -0.2) is 13.2 Å². The van der Waals surface area contributed by atoms with Crippen LogP contribution in [0.15, 0.2) is 303 Å². The minimum atomic E-state index is -2.81. The van der Waals surface area contributed by atoms with Crippen molar-refractivity contribution >= 4 is 11.6 Å². The molecule has 12 rings (SSSR count). The van der Waals surface area contributed by atoms with E-state index in [0.717, 1.165) is 54.7 Å². The van der Waals surface area contributed by atoms with E-state index < -0.39 is 5.92 Å². The molecule has 1 N–H and O–H groups in total. The minimum Gasteiger partial charge on any atom is -0.508 e. The Morgan fingerprint density at radius 3 is 1.35 bits per heavy atom. The first-order valence-electron chi connectivity index (χ1n) is 31.1. The number of phenols is 1. The summed E-state index contributed by atoms with van der Waals surface area (Å²) in [6.45, 7) is 1.90. The number of ether oxygens (including phenoxy) is 5. The number of benzene rings is 11. The van der Waals surface area contributed by atoms with Crippen LogP contribution in [0.25, 0.3) is 0 Å². The van der Waals surface area contributed by atoms with Crippen molar-refractivity contribution in [1.29, 1.82) is 10.5 Å². The van der Waals surface area contributed by atoms with Gasteiger partial charge in [0.15, 0.2) is 0 Å². The molecule has 502 valence electrons. The van der Waals surface area contributed by atoms with Crippen molar-refractivity contribution in [2.75, 3.05) is 28.3 Å². The molecule has 0 radical (unpaired) electrons. The highest BCUT2D eigenvalue weighted by Crippen LogP contribution is 2.40. The third-order valence-electron chi connectivity index (χ3n) is 13.6. The third-order valence-corrected chi connectivity index (χ3v) is 13.9. The van der Waals surface area contributed by atoms with Crippen LogP contribution < -0.4 is 23.7 Å². The van der Waals surface area contributed by atoms with Crippen molar-refractivity contribution in [1.82, 2.24) is 4.90 Å². The molecule has 1 saturated carbocycles. The molecule has 99 heavy (non-hydrogen) atoms. The Hall–Kier alpha value is -12.1. The first-order valence-corrected chi connectivity index (χ1v) is 31.5. The van der Waals surface area contributed by atoms with Gasteiger partial charge in [-0.05, 0) is 184 Å². The molecule has 0 spiro atoms. The predicted octanol–water partition coefficient (Wildman–Crippen LogP) is 21.6. The van der Waals surface area contributed by atoms with Crippen LogP contribution in [0.2, 0.25) is 5.02 Å². The standard InChI is InChI=1S/C14H12F2O.C12H9FO.C12H13N.C9H13N.2C9H8O.C8H5ClO.C7H5N.C6H6O/c1-14(15,16)11-7-9-13(10-8-11)17-12-5-3-2-4-6-12;13-10-6-8-12(9-7-10)14-11-4-2-1-3-5-11;13-10-12(8-4-5-9-12)11-6-2-1-3-7-11;1-10(2)8-9-6-4-3-5-7-9;1-3-8-4-6-9(10-2)7-5-8;1-3-8-6-4-5-7-9(8)10-2;1-2-10-8-5-3-4-7(9)6-8;8-6-7-4-2-1-3-5-7;7-6-4-2-1-3-5-6/h2-10H,1H3;1-9H;1-3,6-7H,4-5,8-9H2;3-7H,8H2,1-2H3;2*1,4-7H,2H3;1,3-6H;1-5H;1-5,7H. The van der Waals surface area contributed by atoms with E-state index in [4.69, 9.17) is 64.9 Å². The summed E-state index contributed by atoms with van der Waals surface area (Å²) in [5.74, 6) is 7.09. The number of rotatable bonds is 11. The lowest BCUT2D eigenvalue weighted by Crippen LogP contribution is -2.18. The van der Waals surface area contributed by atoms with Gasteiger partial charge in [0.05, 0.1) is 42.9 Å². The topological polar surface area (TPSA) is 117 Å². The second-order valence-corrected chi connectivity index (χ2v) is 21.8. The molecular formula is C86H79ClF3N3O6. The van der Waals surface area contributed by atoms with Crippen LogP contribution in [0.5, 0.6) is 46.0 Å². The Kier molecular flexibility index (Phi) is 37.0. The van der Waals surface area contributed by atoms with Crippen LogP contribution in [0, 0.1) is 65.7 Å². The normalized spacial score (nSPS) is 10.7. The predicted molar refractivity (Wildman–Crippen MR) is 394 cm³/mol. The second-order valence-electron chi connectivity index (χ2n) is 21.4. The summed E-state index contributed by atoms with van der Waals surface area (Å²) < 4.78 is 64.2. The number of hydrogen-bond acceptors (Lipinski definition) is 9. The summed E-state index contributed by atoms with van der Waals surface area (Å²) in [6.07, 6.45) is 21.8. The number of terminal acetylenes is 3. The second kappa shape index (κ2) is 46.1.